The summed E-state index contributed by atoms with van der Waals surface area (Å²) in [5.74, 6) is 0.0310. The van der Waals surface area contributed by atoms with Crippen LogP contribution in [0, 0.1) is 5.92 Å². The highest BCUT2D eigenvalue weighted by Gasteiger charge is 2.37. The Morgan fingerprint density at radius 3 is 2.48 bits per heavy atom. The molecule has 0 aliphatic carbocycles. The number of hydrogen-bond acceptors (Lipinski definition) is 5. The van der Waals surface area contributed by atoms with Crippen LogP contribution in [0.2, 0.25) is 0 Å². The third-order valence-electron chi connectivity index (χ3n) is 5.31. The molecule has 9 heteroatoms. The molecule has 0 radical (unpaired) electrons. The third kappa shape index (κ3) is 3.88. The average Bonchev–Trinajstić information content (AvgIpc) is 3.30. The Labute approximate surface area is 175 Å². The second-order valence-electron chi connectivity index (χ2n) is 7.19. The van der Waals surface area contributed by atoms with Crippen molar-refractivity contribution in [1.29, 1.82) is 0 Å². The van der Waals surface area contributed by atoms with Crippen LogP contribution in [0.25, 0.3) is 5.52 Å². The number of pyridine rings is 1. The number of imidazole rings is 1. The molecule has 3 heterocycles. The van der Waals surface area contributed by atoms with Gasteiger partial charge < -0.3 is 10.6 Å². The fraction of sp³-hybridized carbons (Fsp3) is 0.300. The molecule has 1 aromatic carbocycles. The van der Waals surface area contributed by atoms with Crippen molar-refractivity contribution < 1.29 is 13.2 Å². The molecule has 1 fully saturated rings. The van der Waals surface area contributed by atoms with Gasteiger partial charge in [-0.15, -0.1) is 12.4 Å². The van der Waals surface area contributed by atoms with E-state index in [2.05, 4.69) is 17.1 Å². The lowest BCUT2D eigenvalue weighted by Crippen LogP contribution is -2.30. The van der Waals surface area contributed by atoms with E-state index in [1.54, 1.807) is 29.3 Å². The lowest BCUT2D eigenvalue weighted by molar-refractivity contribution is 0.0782. The van der Waals surface area contributed by atoms with Gasteiger partial charge in [-0.3, -0.25) is 9.20 Å². The van der Waals surface area contributed by atoms with Gasteiger partial charge in [0.15, 0.2) is 5.69 Å². The first kappa shape index (κ1) is 21.3. The van der Waals surface area contributed by atoms with E-state index in [4.69, 9.17) is 5.73 Å². The largest absolute Gasteiger partial charge is 0.336 e. The first-order chi connectivity index (χ1) is 13.4. The number of carbonyl (C=O) groups is 1. The SMILES string of the molecule is CS(=O)(=O)c1nc(C(=O)N2C[C@@H](CN)[C@H](c3ccccc3)C2)c2ccccn12.Cl. The van der Waals surface area contributed by atoms with E-state index in [9.17, 15) is 13.2 Å². The van der Waals surface area contributed by atoms with Crippen molar-refractivity contribution in [1.82, 2.24) is 14.3 Å². The Morgan fingerprint density at radius 2 is 1.83 bits per heavy atom. The average molecular weight is 435 g/mol. The zero-order valence-electron chi connectivity index (χ0n) is 15.9. The van der Waals surface area contributed by atoms with Gasteiger partial charge in [0, 0.05) is 31.5 Å². The van der Waals surface area contributed by atoms with E-state index in [0.717, 1.165) is 11.8 Å². The fourth-order valence-electron chi connectivity index (χ4n) is 3.93. The number of benzene rings is 1. The van der Waals surface area contributed by atoms with Crippen molar-refractivity contribution >= 4 is 33.7 Å². The van der Waals surface area contributed by atoms with Crippen molar-refractivity contribution in [3.8, 4) is 0 Å². The van der Waals surface area contributed by atoms with E-state index >= 15 is 0 Å². The van der Waals surface area contributed by atoms with Gasteiger partial charge in [-0.25, -0.2) is 13.4 Å². The normalized spacial score (nSPS) is 19.3. The van der Waals surface area contributed by atoms with Gasteiger partial charge in [-0.05, 0) is 30.2 Å². The summed E-state index contributed by atoms with van der Waals surface area (Å²) in [6, 6.07) is 15.2. The molecule has 2 N–H and O–H groups in total. The minimum absolute atomic E-state index is 0. The Bertz CT molecular complexity index is 1130. The zero-order chi connectivity index (χ0) is 19.9. The maximum atomic E-state index is 13.3. The summed E-state index contributed by atoms with van der Waals surface area (Å²) in [6.07, 6.45) is 2.70. The van der Waals surface area contributed by atoms with Gasteiger partial charge >= 0.3 is 0 Å². The minimum atomic E-state index is -3.57. The van der Waals surface area contributed by atoms with Gasteiger partial charge in [-0.1, -0.05) is 36.4 Å². The van der Waals surface area contributed by atoms with E-state index in [-0.39, 0.29) is 41.0 Å². The predicted octanol–water partition coefficient (Wildman–Crippen LogP) is 1.97. The maximum absolute atomic E-state index is 13.3. The lowest BCUT2D eigenvalue weighted by Gasteiger charge is -2.16. The molecule has 154 valence electrons. The van der Waals surface area contributed by atoms with E-state index in [1.807, 2.05) is 18.2 Å². The smallest absolute Gasteiger partial charge is 0.274 e. The summed E-state index contributed by atoms with van der Waals surface area (Å²) in [5, 5.41) is -0.124. The van der Waals surface area contributed by atoms with Crippen molar-refractivity contribution in [2.45, 2.75) is 11.1 Å². The third-order valence-corrected chi connectivity index (χ3v) is 6.26. The number of aromatic nitrogens is 2. The summed E-state index contributed by atoms with van der Waals surface area (Å²) < 4.78 is 25.7. The van der Waals surface area contributed by atoms with Gasteiger partial charge in [0.25, 0.3) is 5.91 Å². The predicted molar refractivity (Wildman–Crippen MR) is 113 cm³/mol. The monoisotopic (exact) mass is 434 g/mol. The first-order valence-electron chi connectivity index (χ1n) is 9.11. The number of hydrogen-bond donors (Lipinski definition) is 1. The number of halogens is 1. The highest BCUT2D eigenvalue weighted by molar-refractivity contribution is 7.90. The van der Waals surface area contributed by atoms with Crippen LogP contribution in [0.15, 0.2) is 59.9 Å². The van der Waals surface area contributed by atoms with Gasteiger partial charge in [0.1, 0.15) is 0 Å². The van der Waals surface area contributed by atoms with E-state index < -0.39 is 9.84 Å². The number of likely N-dealkylation sites (tertiary alicyclic amines) is 1. The molecule has 0 saturated carbocycles. The standard InChI is InChI=1S/C20H22N4O3S.ClH/c1-28(26,27)20-22-18(17-9-5-6-10-24(17)20)19(25)23-12-15(11-21)16(13-23)14-7-3-2-4-8-14;/h2-10,15-16H,11-13,21H2,1H3;1H/t15-,16+;/m1./s1. The van der Waals surface area contributed by atoms with Crippen LogP contribution in [0.1, 0.15) is 22.0 Å². The first-order valence-corrected chi connectivity index (χ1v) is 11.0. The molecule has 0 unspecified atom stereocenters. The van der Waals surface area contributed by atoms with Crippen molar-refractivity contribution in [3.05, 3.63) is 66.0 Å². The van der Waals surface area contributed by atoms with Gasteiger partial charge in [0.05, 0.1) is 5.52 Å². The van der Waals surface area contributed by atoms with Crippen LogP contribution in [0.3, 0.4) is 0 Å². The molecule has 29 heavy (non-hydrogen) atoms. The quantitative estimate of drug-likeness (QED) is 0.677. The molecule has 1 aliphatic heterocycles. The summed E-state index contributed by atoms with van der Waals surface area (Å²) >= 11 is 0. The number of carbonyl (C=O) groups excluding carboxylic acids is 1. The molecule has 7 nitrogen and oxygen atoms in total. The molecule has 4 rings (SSSR count). The fourth-order valence-corrected chi connectivity index (χ4v) is 4.71. The van der Waals surface area contributed by atoms with Crippen molar-refractivity contribution in [3.63, 3.8) is 0 Å². The van der Waals surface area contributed by atoms with E-state index in [0.29, 0.717) is 25.2 Å². The topological polar surface area (TPSA) is 97.8 Å². The number of sulfone groups is 1. The number of amides is 1. The van der Waals surface area contributed by atoms with Crippen LogP contribution >= 0.6 is 12.4 Å². The zero-order valence-corrected chi connectivity index (χ0v) is 17.6. The van der Waals surface area contributed by atoms with E-state index in [1.165, 1.54) is 4.40 Å². The number of rotatable bonds is 4. The van der Waals surface area contributed by atoms with Crippen LogP contribution in [0.4, 0.5) is 0 Å². The summed E-state index contributed by atoms with van der Waals surface area (Å²) in [4.78, 5) is 19.2. The molecule has 1 saturated heterocycles. The van der Waals surface area contributed by atoms with Crippen LogP contribution < -0.4 is 5.73 Å². The summed E-state index contributed by atoms with van der Waals surface area (Å²) in [5.41, 5.74) is 7.77. The molecule has 2 aromatic heterocycles. The van der Waals surface area contributed by atoms with Crippen molar-refractivity contribution in [2.75, 3.05) is 25.9 Å². The second kappa shape index (κ2) is 8.14. The molecule has 1 aliphatic rings. The molecule has 3 aromatic rings. The number of fused-ring (bicyclic) bond motifs is 1. The molecule has 2 atom stereocenters. The second-order valence-corrected chi connectivity index (χ2v) is 9.10. The van der Waals surface area contributed by atoms with Crippen LogP contribution in [0.5, 0.6) is 0 Å². The Hall–Kier alpha value is -2.42. The van der Waals surface area contributed by atoms with Gasteiger partial charge in [-0.2, -0.15) is 0 Å². The molecule has 1 amide bonds. The van der Waals surface area contributed by atoms with Crippen molar-refractivity contribution in [2.24, 2.45) is 11.7 Å². The molecular formula is C20H23ClN4O3S. The Kier molecular flexibility index (Phi) is 5.97. The number of nitrogens with zero attached hydrogens (tertiary/aromatic N) is 3. The van der Waals surface area contributed by atoms with Gasteiger partial charge in [0.2, 0.25) is 15.0 Å². The van der Waals surface area contributed by atoms with Crippen LogP contribution in [-0.4, -0.2) is 54.5 Å². The highest BCUT2D eigenvalue weighted by atomic mass is 35.5. The summed E-state index contributed by atoms with van der Waals surface area (Å²) in [7, 11) is -3.57. The minimum Gasteiger partial charge on any atom is -0.336 e. The summed E-state index contributed by atoms with van der Waals surface area (Å²) in [6.45, 7) is 1.53. The lowest BCUT2D eigenvalue weighted by atomic mass is 9.89. The molecule has 0 bridgehead atoms. The number of nitrogens with two attached hydrogens (primary N) is 1. The Balaban J connectivity index is 0.00000240. The Morgan fingerprint density at radius 1 is 1.14 bits per heavy atom. The maximum Gasteiger partial charge on any atom is 0.274 e. The highest BCUT2D eigenvalue weighted by Crippen LogP contribution is 2.33. The molecule has 0 spiro atoms. The molecular weight excluding hydrogens is 412 g/mol. The van der Waals surface area contributed by atoms with Crippen LogP contribution in [-0.2, 0) is 9.84 Å².